The van der Waals surface area contributed by atoms with Gasteiger partial charge in [0, 0.05) is 18.8 Å². The summed E-state index contributed by atoms with van der Waals surface area (Å²) in [4.78, 5) is 35.1. The summed E-state index contributed by atoms with van der Waals surface area (Å²) in [5.41, 5.74) is -1.74. The molecule has 0 aliphatic carbocycles. The van der Waals surface area contributed by atoms with Crippen molar-refractivity contribution in [2.45, 2.75) is 6.18 Å². The van der Waals surface area contributed by atoms with E-state index in [1.807, 2.05) is 0 Å². The molecule has 0 atom stereocenters. The Labute approximate surface area is 153 Å². The van der Waals surface area contributed by atoms with Gasteiger partial charge in [0.15, 0.2) is 5.76 Å². The van der Waals surface area contributed by atoms with Gasteiger partial charge in [-0.15, -0.1) is 0 Å². The highest BCUT2D eigenvalue weighted by atomic mass is 19.4. The van der Waals surface area contributed by atoms with E-state index in [1.165, 1.54) is 4.90 Å². The Morgan fingerprint density at radius 3 is 2.46 bits per heavy atom. The van der Waals surface area contributed by atoms with Gasteiger partial charge in [0.1, 0.15) is 10.7 Å². The third-order valence-electron chi connectivity index (χ3n) is 4.06. The summed E-state index contributed by atoms with van der Waals surface area (Å²) in [5.74, 6) is -4.33. The van der Waals surface area contributed by atoms with Gasteiger partial charge < -0.3 is 14.6 Å². The number of benzene rings is 1. The number of likely N-dealkylation sites (tertiary alicyclic amines) is 1. The van der Waals surface area contributed by atoms with Gasteiger partial charge in [-0.25, -0.2) is 4.39 Å². The van der Waals surface area contributed by atoms with Crippen molar-refractivity contribution in [1.82, 2.24) is 4.90 Å². The van der Waals surface area contributed by atoms with Gasteiger partial charge in [0.2, 0.25) is 5.91 Å². The van der Waals surface area contributed by atoms with Crippen LogP contribution in [0.5, 0.6) is 0 Å². The zero-order valence-corrected chi connectivity index (χ0v) is 13.8. The molecular weight excluding hydrogens is 390 g/mol. The van der Waals surface area contributed by atoms with Crippen LogP contribution < -0.4 is 5.32 Å². The number of hydrogen-bond acceptors (Lipinski definition) is 5. The van der Waals surface area contributed by atoms with Crippen LogP contribution in [0.2, 0.25) is 0 Å². The maximum atomic E-state index is 13.3. The van der Waals surface area contributed by atoms with E-state index < -0.39 is 46.1 Å². The second-order valence-electron chi connectivity index (χ2n) is 5.98. The summed E-state index contributed by atoms with van der Waals surface area (Å²) in [7, 11) is 0. The fraction of sp³-hybridized carbons (Fsp3) is 0.250. The minimum absolute atomic E-state index is 0.0491. The van der Waals surface area contributed by atoms with Crippen molar-refractivity contribution in [3.05, 3.63) is 57.6 Å². The van der Waals surface area contributed by atoms with E-state index >= 15 is 0 Å². The molecule has 12 heteroatoms. The largest absolute Gasteiger partial charge is 0.433 e. The first-order valence-corrected chi connectivity index (χ1v) is 7.77. The van der Waals surface area contributed by atoms with Crippen LogP contribution in [0.3, 0.4) is 0 Å². The summed E-state index contributed by atoms with van der Waals surface area (Å²) in [5, 5.41) is 12.8. The van der Waals surface area contributed by atoms with Gasteiger partial charge in [-0.2, -0.15) is 13.2 Å². The maximum absolute atomic E-state index is 13.3. The van der Waals surface area contributed by atoms with Gasteiger partial charge in [-0.3, -0.25) is 19.7 Å². The highest BCUT2D eigenvalue weighted by molar-refractivity contribution is 5.97. The van der Waals surface area contributed by atoms with Crippen LogP contribution in [0.15, 0.2) is 34.7 Å². The monoisotopic (exact) mass is 401 g/mol. The van der Waals surface area contributed by atoms with Crippen molar-refractivity contribution in [3.63, 3.8) is 0 Å². The highest BCUT2D eigenvalue weighted by Gasteiger charge is 2.38. The Morgan fingerprint density at radius 1 is 1.21 bits per heavy atom. The number of anilines is 1. The molecule has 2 heterocycles. The number of carbonyl (C=O) groups excluding carboxylic acids is 2. The second kappa shape index (κ2) is 6.94. The Kier molecular flexibility index (Phi) is 4.79. The van der Waals surface area contributed by atoms with E-state index in [0.717, 1.165) is 18.2 Å². The summed E-state index contributed by atoms with van der Waals surface area (Å²) in [6.07, 6.45) is -4.91. The van der Waals surface area contributed by atoms with Crippen LogP contribution in [0.25, 0.3) is 0 Å². The van der Waals surface area contributed by atoms with E-state index in [-0.39, 0.29) is 24.5 Å². The van der Waals surface area contributed by atoms with E-state index in [9.17, 15) is 37.3 Å². The molecule has 0 unspecified atom stereocenters. The highest BCUT2D eigenvalue weighted by Crippen LogP contribution is 2.33. The fourth-order valence-electron chi connectivity index (χ4n) is 2.57. The molecule has 148 valence electrons. The molecule has 1 aliphatic rings. The number of carbonyl (C=O) groups is 2. The average molecular weight is 401 g/mol. The van der Waals surface area contributed by atoms with Crippen molar-refractivity contribution in [2.24, 2.45) is 5.92 Å². The van der Waals surface area contributed by atoms with Gasteiger partial charge in [0.25, 0.3) is 5.91 Å². The fourth-order valence-corrected chi connectivity index (χ4v) is 2.57. The molecule has 1 aliphatic heterocycles. The van der Waals surface area contributed by atoms with Crippen LogP contribution in [0.4, 0.5) is 29.1 Å². The smallest absolute Gasteiger partial charge is 0.395 e. The zero-order chi connectivity index (χ0) is 20.6. The van der Waals surface area contributed by atoms with Crippen LogP contribution in [-0.2, 0) is 11.0 Å². The van der Waals surface area contributed by atoms with Crippen LogP contribution >= 0.6 is 0 Å². The number of nitrogens with one attached hydrogen (secondary N) is 1. The first-order valence-electron chi connectivity index (χ1n) is 7.77. The Hall–Kier alpha value is -3.44. The molecule has 0 saturated carbocycles. The minimum Gasteiger partial charge on any atom is -0.395 e. The van der Waals surface area contributed by atoms with Crippen molar-refractivity contribution >= 4 is 23.4 Å². The second-order valence-corrected chi connectivity index (χ2v) is 5.98. The predicted octanol–water partition coefficient (Wildman–Crippen LogP) is 3.06. The standard InChI is InChI=1S/C16H11F4N3O5/c17-11-2-1-9(5-10(11)16(18,19)20)21-14(24)8-6-22(7-8)15(25)12-3-4-13(28-12)23(26)27/h1-5,8H,6-7H2,(H,21,24). The molecule has 1 aromatic carbocycles. The Bertz CT molecular complexity index is 950. The number of rotatable bonds is 4. The molecular formula is C16H11F4N3O5. The summed E-state index contributed by atoms with van der Waals surface area (Å²) in [6, 6.07) is 4.22. The van der Waals surface area contributed by atoms with E-state index in [2.05, 4.69) is 5.32 Å². The van der Waals surface area contributed by atoms with Gasteiger partial charge in [-0.1, -0.05) is 0 Å². The van der Waals surface area contributed by atoms with E-state index in [1.54, 1.807) is 0 Å². The lowest BCUT2D eigenvalue weighted by molar-refractivity contribution is -0.402. The predicted molar refractivity (Wildman–Crippen MR) is 84.8 cm³/mol. The average Bonchev–Trinajstić information content (AvgIpc) is 3.04. The lowest BCUT2D eigenvalue weighted by Crippen LogP contribution is -2.54. The zero-order valence-electron chi connectivity index (χ0n) is 13.8. The van der Waals surface area contributed by atoms with Crippen molar-refractivity contribution < 1.29 is 36.5 Å². The van der Waals surface area contributed by atoms with E-state index in [0.29, 0.717) is 12.1 Å². The lowest BCUT2D eigenvalue weighted by Gasteiger charge is -2.37. The summed E-state index contributed by atoms with van der Waals surface area (Å²) < 4.78 is 56.2. The molecule has 28 heavy (non-hydrogen) atoms. The molecule has 2 amide bonds. The van der Waals surface area contributed by atoms with E-state index in [4.69, 9.17) is 4.42 Å². The van der Waals surface area contributed by atoms with Crippen LogP contribution in [0, 0.1) is 21.8 Å². The number of nitro groups is 1. The third kappa shape index (κ3) is 3.80. The third-order valence-corrected chi connectivity index (χ3v) is 4.06. The number of hydrogen-bond donors (Lipinski definition) is 1. The summed E-state index contributed by atoms with van der Waals surface area (Å²) in [6.45, 7) is -0.0982. The summed E-state index contributed by atoms with van der Waals surface area (Å²) >= 11 is 0. The molecule has 1 fully saturated rings. The lowest BCUT2D eigenvalue weighted by atomic mass is 9.98. The molecule has 1 aromatic heterocycles. The normalized spacial score (nSPS) is 14.5. The minimum atomic E-state index is -4.91. The number of furan rings is 1. The molecule has 0 spiro atoms. The van der Waals surface area contributed by atoms with Gasteiger partial charge in [0.05, 0.1) is 17.5 Å². The topological polar surface area (TPSA) is 106 Å². The molecule has 8 nitrogen and oxygen atoms in total. The maximum Gasteiger partial charge on any atom is 0.433 e. The molecule has 2 aromatic rings. The molecule has 3 rings (SSSR count). The Balaban J connectivity index is 1.59. The van der Waals surface area contributed by atoms with Crippen molar-refractivity contribution in [3.8, 4) is 0 Å². The number of alkyl halides is 3. The number of nitrogens with zero attached hydrogens (tertiary/aromatic N) is 2. The Morgan fingerprint density at radius 2 is 1.89 bits per heavy atom. The molecule has 1 N–H and O–H groups in total. The quantitative estimate of drug-likeness (QED) is 0.482. The number of halogens is 4. The van der Waals surface area contributed by atoms with Gasteiger partial charge >= 0.3 is 12.1 Å². The number of amides is 2. The van der Waals surface area contributed by atoms with Crippen LogP contribution in [0.1, 0.15) is 16.1 Å². The molecule has 1 saturated heterocycles. The SMILES string of the molecule is O=C(Nc1ccc(F)c(C(F)(F)F)c1)C1CN(C(=O)c2ccc([N+](=O)[O-])o2)C1. The van der Waals surface area contributed by atoms with Crippen molar-refractivity contribution in [2.75, 3.05) is 18.4 Å². The van der Waals surface area contributed by atoms with Crippen molar-refractivity contribution in [1.29, 1.82) is 0 Å². The molecule has 0 radical (unpaired) electrons. The van der Waals surface area contributed by atoms with Crippen LogP contribution in [-0.4, -0.2) is 34.7 Å². The molecule has 0 bridgehead atoms. The van der Waals surface area contributed by atoms with Gasteiger partial charge in [-0.05, 0) is 24.3 Å². The first kappa shape index (κ1) is 19.3. The first-order chi connectivity index (χ1) is 13.1.